The van der Waals surface area contributed by atoms with Crippen LogP contribution < -0.4 is 5.32 Å². The van der Waals surface area contributed by atoms with E-state index in [4.69, 9.17) is 22.0 Å². The second kappa shape index (κ2) is 5.59. The molecule has 80 valence electrons. The van der Waals surface area contributed by atoms with Crippen LogP contribution in [0, 0.1) is 11.3 Å². The van der Waals surface area contributed by atoms with E-state index in [1.165, 1.54) is 0 Å². The molecule has 15 heavy (non-hydrogen) atoms. The minimum absolute atomic E-state index is 0.314. The largest absolute Gasteiger partial charge is 0.393 e. The molecule has 0 aromatic heterocycles. The van der Waals surface area contributed by atoms with Gasteiger partial charge in [-0.25, -0.2) is 0 Å². The Balaban J connectivity index is 2.57. The van der Waals surface area contributed by atoms with E-state index in [0.717, 1.165) is 5.69 Å². The van der Waals surface area contributed by atoms with Gasteiger partial charge in [0.15, 0.2) is 0 Å². The van der Waals surface area contributed by atoms with E-state index in [1.807, 2.05) is 6.07 Å². The molecule has 4 heteroatoms. The predicted octanol–water partition coefficient (Wildman–Crippen LogP) is 2.39. The number of hydrogen-bond donors (Lipinski definition) is 2. The fourth-order valence-corrected chi connectivity index (χ4v) is 1.36. The van der Waals surface area contributed by atoms with Gasteiger partial charge in [-0.05, 0) is 31.5 Å². The van der Waals surface area contributed by atoms with Crippen molar-refractivity contribution in [1.82, 2.24) is 0 Å². The maximum atomic E-state index is 9.06. The van der Waals surface area contributed by atoms with Gasteiger partial charge in [-0.3, -0.25) is 0 Å². The van der Waals surface area contributed by atoms with Crippen LogP contribution in [-0.4, -0.2) is 17.8 Å². The first-order valence-corrected chi connectivity index (χ1v) is 5.13. The Morgan fingerprint density at radius 2 is 2.33 bits per heavy atom. The van der Waals surface area contributed by atoms with Crippen LogP contribution in [0.5, 0.6) is 0 Å². The van der Waals surface area contributed by atoms with E-state index < -0.39 is 0 Å². The lowest BCUT2D eigenvalue weighted by molar-refractivity contribution is 0.189. The van der Waals surface area contributed by atoms with Crippen LogP contribution in [0.15, 0.2) is 18.2 Å². The summed E-state index contributed by atoms with van der Waals surface area (Å²) >= 11 is 5.86. The van der Waals surface area contributed by atoms with Crippen molar-refractivity contribution < 1.29 is 5.11 Å². The van der Waals surface area contributed by atoms with Crippen molar-refractivity contribution in [3.8, 4) is 6.07 Å². The highest BCUT2D eigenvalue weighted by Gasteiger charge is 2.01. The van der Waals surface area contributed by atoms with Crippen molar-refractivity contribution in [3.05, 3.63) is 28.8 Å². The Hall–Kier alpha value is -1.24. The third-order valence-corrected chi connectivity index (χ3v) is 2.29. The van der Waals surface area contributed by atoms with Crippen LogP contribution in [0.3, 0.4) is 0 Å². The quantitative estimate of drug-likeness (QED) is 0.826. The number of hydrogen-bond acceptors (Lipinski definition) is 3. The smallest absolute Gasteiger partial charge is 0.101 e. The molecule has 0 amide bonds. The lowest BCUT2D eigenvalue weighted by Crippen LogP contribution is -2.09. The van der Waals surface area contributed by atoms with E-state index in [1.54, 1.807) is 25.1 Å². The first-order chi connectivity index (χ1) is 7.13. The molecule has 0 fully saturated rings. The normalized spacial score (nSPS) is 11.9. The average Bonchev–Trinajstić information content (AvgIpc) is 2.17. The topological polar surface area (TPSA) is 56.0 Å². The number of nitrogens with one attached hydrogen (secondary N) is 1. The van der Waals surface area contributed by atoms with E-state index >= 15 is 0 Å². The zero-order chi connectivity index (χ0) is 11.3. The monoisotopic (exact) mass is 224 g/mol. The number of benzene rings is 1. The van der Waals surface area contributed by atoms with Crippen molar-refractivity contribution in [1.29, 1.82) is 5.26 Å². The zero-order valence-electron chi connectivity index (χ0n) is 8.50. The van der Waals surface area contributed by atoms with Crippen LogP contribution >= 0.6 is 11.6 Å². The summed E-state index contributed by atoms with van der Waals surface area (Å²) in [6.45, 7) is 2.42. The molecule has 1 aromatic rings. The van der Waals surface area contributed by atoms with Gasteiger partial charge in [0.1, 0.15) is 6.07 Å². The van der Waals surface area contributed by atoms with Gasteiger partial charge in [0.2, 0.25) is 0 Å². The number of nitriles is 1. The highest BCUT2D eigenvalue weighted by atomic mass is 35.5. The van der Waals surface area contributed by atoms with Gasteiger partial charge in [0, 0.05) is 12.2 Å². The molecule has 0 aliphatic carbocycles. The molecule has 0 aliphatic rings. The van der Waals surface area contributed by atoms with Crippen molar-refractivity contribution in [2.75, 3.05) is 11.9 Å². The third kappa shape index (κ3) is 3.78. The van der Waals surface area contributed by atoms with E-state index in [9.17, 15) is 0 Å². The highest BCUT2D eigenvalue weighted by Crippen LogP contribution is 2.20. The summed E-state index contributed by atoms with van der Waals surface area (Å²) < 4.78 is 0. The lowest BCUT2D eigenvalue weighted by Gasteiger charge is -2.08. The van der Waals surface area contributed by atoms with E-state index in [-0.39, 0.29) is 6.10 Å². The minimum atomic E-state index is -0.314. The molecule has 0 bridgehead atoms. The highest BCUT2D eigenvalue weighted by molar-refractivity contribution is 6.32. The summed E-state index contributed by atoms with van der Waals surface area (Å²) in [4.78, 5) is 0. The number of aliphatic hydroxyl groups excluding tert-OH is 1. The van der Waals surface area contributed by atoms with Gasteiger partial charge in [0.05, 0.1) is 16.7 Å². The Labute approximate surface area is 94.3 Å². The van der Waals surface area contributed by atoms with Crippen molar-refractivity contribution in [2.45, 2.75) is 19.4 Å². The molecule has 1 unspecified atom stereocenters. The van der Waals surface area contributed by atoms with Crippen molar-refractivity contribution in [3.63, 3.8) is 0 Å². The molecule has 0 radical (unpaired) electrons. The van der Waals surface area contributed by atoms with Gasteiger partial charge in [0.25, 0.3) is 0 Å². The van der Waals surface area contributed by atoms with Crippen LogP contribution in [0.2, 0.25) is 5.02 Å². The zero-order valence-corrected chi connectivity index (χ0v) is 9.25. The Kier molecular flexibility index (Phi) is 4.41. The maximum absolute atomic E-state index is 9.06. The fourth-order valence-electron chi connectivity index (χ4n) is 1.14. The number of aliphatic hydroxyl groups is 1. The molecule has 0 heterocycles. The number of halogens is 1. The Morgan fingerprint density at radius 3 is 2.87 bits per heavy atom. The number of rotatable bonds is 4. The average molecular weight is 225 g/mol. The molecule has 1 aromatic carbocycles. The van der Waals surface area contributed by atoms with Crippen LogP contribution in [0.1, 0.15) is 18.9 Å². The fraction of sp³-hybridized carbons (Fsp3) is 0.364. The summed E-state index contributed by atoms with van der Waals surface area (Å²) in [6, 6.07) is 7.18. The Morgan fingerprint density at radius 1 is 1.60 bits per heavy atom. The second-order valence-corrected chi connectivity index (χ2v) is 3.78. The van der Waals surface area contributed by atoms with Crippen LogP contribution in [-0.2, 0) is 0 Å². The van der Waals surface area contributed by atoms with Crippen LogP contribution in [0.4, 0.5) is 5.69 Å². The van der Waals surface area contributed by atoms with Crippen molar-refractivity contribution >= 4 is 17.3 Å². The number of anilines is 1. The summed E-state index contributed by atoms with van der Waals surface area (Å²) in [5.74, 6) is 0. The second-order valence-electron chi connectivity index (χ2n) is 3.37. The van der Waals surface area contributed by atoms with Crippen LogP contribution in [0.25, 0.3) is 0 Å². The first kappa shape index (κ1) is 11.8. The molecule has 0 spiro atoms. The Bertz CT molecular complexity index is 371. The third-order valence-electron chi connectivity index (χ3n) is 1.98. The molecular formula is C11H13ClN2O. The maximum Gasteiger partial charge on any atom is 0.101 e. The molecule has 0 saturated heterocycles. The summed E-state index contributed by atoms with van der Waals surface area (Å²) in [5.41, 5.74) is 1.33. The molecular weight excluding hydrogens is 212 g/mol. The van der Waals surface area contributed by atoms with Gasteiger partial charge in [-0.15, -0.1) is 0 Å². The molecule has 3 nitrogen and oxygen atoms in total. The molecule has 2 N–H and O–H groups in total. The standard InChI is InChI=1S/C11H13ClN2O/c1-8(15)4-5-14-10-3-2-9(7-13)11(12)6-10/h2-3,6,8,14-15H,4-5H2,1H3. The minimum Gasteiger partial charge on any atom is -0.393 e. The molecule has 0 aliphatic heterocycles. The van der Waals surface area contributed by atoms with E-state index in [0.29, 0.717) is 23.6 Å². The van der Waals surface area contributed by atoms with Gasteiger partial charge in [-0.1, -0.05) is 11.6 Å². The first-order valence-electron chi connectivity index (χ1n) is 4.75. The summed E-state index contributed by atoms with van der Waals surface area (Å²) in [5, 5.41) is 21.3. The lowest BCUT2D eigenvalue weighted by atomic mass is 10.2. The predicted molar refractivity (Wildman–Crippen MR) is 61.0 cm³/mol. The van der Waals surface area contributed by atoms with Gasteiger partial charge >= 0.3 is 0 Å². The molecule has 0 saturated carbocycles. The van der Waals surface area contributed by atoms with Gasteiger partial charge < -0.3 is 10.4 Å². The summed E-state index contributed by atoms with van der Waals surface area (Å²) in [7, 11) is 0. The SMILES string of the molecule is CC(O)CCNc1ccc(C#N)c(Cl)c1. The van der Waals surface area contributed by atoms with Crippen molar-refractivity contribution in [2.24, 2.45) is 0 Å². The summed E-state index contributed by atoms with van der Waals surface area (Å²) in [6.07, 6.45) is 0.365. The van der Waals surface area contributed by atoms with Gasteiger partial charge in [-0.2, -0.15) is 5.26 Å². The molecule has 1 atom stereocenters. The molecule has 1 rings (SSSR count). The van der Waals surface area contributed by atoms with E-state index in [2.05, 4.69) is 5.32 Å². The number of nitrogens with zero attached hydrogens (tertiary/aromatic N) is 1.